The van der Waals surface area contributed by atoms with Crippen molar-refractivity contribution in [3.8, 4) is 0 Å². The van der Waals surface area contributed by atoms with Crippen molar-refractivity contribution in [2.75, 3.05) is 31.1 Å². The average Bonchev–Trinajstić information content (AvgIpc) is 3.17. The summed E-state index contributed by atoms with van der Waals surface area (Å²) in [5.74, 6) is -0.566. The fraction of sp³-hybridized carbons (Fsp3) is 0.273. The Morgan fingerprint density at radius 1 is 1.00 bits per heavy atom. The normalized spacial score (nSPS) is 15.2. The molecule has 0 unspecified atom stereocenters. The van der Waals surface area contributed by atoms with Gasteiger partial charge in [-0.2, -0.15) is 0 Å². The van der Waals surface area contributed by atoms with E-state index in [9.17, 15) is 18.0 Å². The highest BCUT2D eigenvalue weighted by atomic mass is 35.6. The zero-order chi connectivity index (χ0) is 24.0. The van der Waals surface area contributed by atoms with Crippen LogP contribution in [0.2, 0.25) is 0 Å². The number of aldehydes is 1. The highest BCUT2D eigenvalue weighted by Crippen LogP contribution is 2.31. The summed E-state index contributed by atoms with van der Waals surface area (Å²) >= 11 is 17.1. The van der Waals surface area contributed by atoms with E-state index in [0.717, 1.165) is 15.2 Å². The Morgan fingerprint density at radius 2 is 1.64 bits per heavy atom. The van der Waals surface area contributed by atoms with E-state index in [1.165, 1.54) is 11.1 Å². The van der Waals surface area contributed by atoms with Crippen molar-refractivity contribution in [1.29, 1.82) is 0 Å². The fourth-order valence-electron chi connectivity index (χ4n) is 3.87. The van der Waals surface area contributed by atoms with Gasteiger partial charge in [0.2, 0.25) is 0 Å². The predicted molar refractivity (Wildman–Crippen MR) is 130 cm³/mol. The molecule has 11 heteroatoms. The van der Waals surface area contributed by atoms with Crippen molar-refractivity contribution in [2.24, 2.45) is 0 Å². The number of carbonyl (C=O) groups is 2. The maximum atomic E-state index is 13.2. The molecule has 2 aromatic carbocycles. The van der Waals surface area contributed by atoms with Crippen LogP contribution in [0.5, 0.6) is 0 Å². The monoisotopic (exact) mass is 527 g/mol. The molecule has 2 heterocycles. The van der Waals surface area contributed by atoms with E-state index in [1.54, 1.807) is 42.5 Å². The summed E-state index contributed by atoms with van der Waals surface area (Å²) in [7, 11) is -3.88. The largest absolute Gasteiger partial charge is 0.368 e. The van der Waals surface area contributed by atoms with E-state index in [0.29, 0.717) is 43.4 Å². The van der Waals surface area contributed by atoms with E-state index >= 15 is 0 Å². The molecule has 1 aromatic heterocycles. The lowest BCUT2D eigenvalue weighted by Gasteiger charge is -2.37. The summed E-state index contributed by atoms with van der Waals surface area (Å²) in [6, 6.07) is 11.8. The predicted octanol–water partition coefficient (Wildman–Crippen LogP) is 4.02. The number of carbonyl (C=O) groups excluding carboxylic acids is 2. The molecular formula is C22H20Cl3N3O4S. The molecule has 1 fully saturated rings. The van der Waals surface area contributed by atoms with Crippen LogP contribution in [-0.2, 0) is 14.8 Å². The van der Waals surface area contributed by atoms with Crippen LogP contribution in [-0.4, -0.2) is 59.5 Å². The third-order valence-corrected chi connectivity index (χ3v) is 7.84. The van der Waals surface area contributed by atoms with Gasteiger partial charge in [-0.25, -0.2) is 12.4 Å². The van der Waals surface area contributed by atoms with Crippen LogP contribution in [0.25, 0.3) is 10.9 Å². The Bertz CT molecular complexity index is 1320. The first-order valence-electron chi connectivity index (χ1n) is 10.1. The van der Waals surface area contributed by atoms with Crippen LogP contribution < -0.4 is 4.90 Å². The second kappa shape index (κ2) is 8.83. The molecule has 0 bridgehead atoms. The number of piperazine rings is 1. The van der Waals surface area contributed by atoms with Gasteiger partial charge in [0.15, 0.2) is 6.29 Å². The molecule has 3 aromatic rings. The molecule has 1 aliphatic rings. The minimum Gasteiger partial charge on any atom is -0.368 e. The van der Waals surface area contributed by atoms with Crippen molar-refractivity contribution in [2.45, 2.75) is 15.6 Å². The summed E-state index contributed by atoms with van der Waals surface area (Å²) in [4.78, 5) is 27.6. The lowest BCUT2D eigenvalue weighted by molar-refractivity contribution is -0.130. The van der Waals surface area contributed by atoms with Crippen LogP contribution in [0.4, 0.5) is 5.69 Å². The van der Waals surface area contributed by atoms with Crippen LogP contribution in [0.3, 0.4) is 0 Å². The van der Waals surface area contributed by atoms with E-state index in [4.69, 9.17) is 34.8 Å². The van der Waals surface area contributed by atoms with Crippen molar-refractivity contribution in [1.82, 2.24) is 8.87 Å². The lowest BCUT2D eigenvalue weighted by Crippen LogP contribution is -2.51. The second-order valence-electron chi connectivity index (χ2n) is 7.79. The minimum absolute atomic E-state index is 0.140. The number of amides is 1. The van der Waals surface area contributed by atoms with Gasteiger partial charge in [0.1, 0.15) is 0 Å². The van der Waals surface area contributed by atoms with Gasteiger partial charge in [-0.15, -0.1) is 0 Å². The number of aromatic nitrogens is 1. The van der Waals surface area contributed by atoms with Crippen molar-refractivity contribution < 1.29 is 18.0 Å². The molecule has 174 valence electrons. The molecule has 0 atom stereocenters. The van der Waals surface area contributed by atoms with Crippen LogP contribution in [0.1, 0.15) is 15.9 Å². The smallest absolute Gasteiger partial charge is 0.274 e. The molecule has 1 amide bonds. The first-order valence-corrected chi connectivity index (χ1v) is 12.6. The first-order chi connectivity index (χ1) is 15.5. The van der Waals surface area contributed by atoms with Gasteiger partial charge < -0.3 is 9.80 Å². The standard InChI is InChI=1S/C22H20Cl3N3O4S/c1-15-2-5-18(6-3-15)33(31,32)28-13-16(14-29)19-12-17(4-7-20(19)28)26-8-10-27(11-9-26)21(30)22(23,24)25/h2-7,12-14H,8-11H2,1H3. The highest BCUT2D eigenvalue weighted by molar-refractivity contribution is 7.90. The Labute approximate surface area is 206 Å². The molecule has 33 heavy (non-hydrogen) atoms. The first kappa shape index (κ1) is 23.9. The number of nitrogens with zero attached hydrogens (tertiary/aromatic N) is 3. The zero-order valence-corrected chi connectivity index (χ0v) is 20.6. The number of anilines is 1. The van der Waals surface area contributed by atoms with Crippen LogP contribution >= 0.6 is 34.8 Å². The highest BCUT2D eigenvalue weighted by Gasteiger charge is 2.36. The average molecular weight is 529 g/mol. The molecule has 7 nitrogen and oxygen atoms in total. The quantitative estimate of drug-likeness (QED) is 0.377. The zero-order valence-electron chi connectivity index (χ0n) is 17.5. The number of halogens is 3. The summed E-state index contributed by atoms with van der Waals surface area (Å²) in [5.41, 5.74) is 2.43. The van der Waals surface area contributed by atoms with Gasteiger partial charge in [-0.05, 0) is 37.3 Å². The molecule has 0 saturated carbocycles. The van der Waals surface area contributed by atoms with Crippen molar-refractivity contribution >= 4 is 73.6 Å². The Balaban J connectivity index is 1.65. The van der Waals surface area contributed by atoms with Crippen LogP contribution in [0.15, 0.2) is 53.6 Å². The maximum absolute atomic E-state index is 13.2. The Kier molecular flexibility index (Phi) is 6.39. The van der Waals surface area contributed by atoms with E-state index in [2.05, 4.69) is 0 Å². The van der Waals surface area contributed by atoms with Crippen LogP contribution in [0, 0.1) is 6.92 Å². The number of rotatable bonds is 4. The van der Waals surface area contributed by atoms with Gasteiger partial charge in [-0.1, -0.05) is 52.5 Å². The van der Waals surface area contributed by atoms with Crippen molar-refractivity contribution in [3.63, 3.8) is 0 Å². The Hall–Kier alpha value is -2.26. The van der Waals surface area contributed by atoms with E-state index in [-0.39, 0.29) is 10.5 Å². The van der Waals surface area contributed by atoms with Crippen molar-refractivity contribution in [3.05, 3.63) is 59.8 Å². The summed E-state index contributed by atoms with van der Waals surface area (Å²) in [6.45, 7) is 3.61. The van der Waals surface area contributed by atoms with E-state index in [1.807, 2.05) is 11.8 Å². The molecule has 0 N–H and O–H groups in total. The summed E-state index contributed by atoms with van der Waals surface area (Å²) < 4.78 is 25.6. The lowest BCUT2D eigenvalue weighted by atomic mass is 10.1. The number of benzene rings is 2. The van der Waals surface area contributed by atoms with E-state index < -0.39 is 19.7 Å². The molecule has 0 radical (unpaired) electrons. The van der Waals surface area contributed by atoms with Gasteiger partial charge in [-0.3, -0.25) is 9.59 Å². The van der Waals surface area contributed by atoms with Gasteiger partial charge in [0.05, 0.1) is 10.4 Å². The molecule has 1 aliphatic heterocycles. The number of hydrogen-bond acceptors (Lipinski definition) is 5. The fourth-order valence-corrected chi connectivity index (χ4v) is 5.61. The third-order valence-electron chi connectivity index (χ3n) is 5.66. The Morgan fingerprint density at radius 3 is 2.21 bits per heavy atom. The number of alkyl halides is 3. The molecule has 4 rings (SSSR count). The minimum atomic E-state index is -3.88. The second-order valence-corrected chi connectivity index (χ2v) is 11.9. The number of hydrogen-bond donors (Lipinski definition) is 0. The van der Waals surface area contributed by atoms with Gasteiger partial charge in [0, 0.05) is 49.0 Å². The third kappa shape index (κ3) is 4.57. The SMILES string of the molecule is Cc1ccc(S(=O)(=O)n2cc(C=O)c3cc(N4CCN(C(=O)C(Cl)(Cl)Cl)CC4)ccc32)cc1. The molecule has 0 spiro atoms. The maximum Gasteiger partial charge on any atom is 0.274 e. The molecule has 0 aliphatic carbocycles. The van der Waals surface area contributed by atoms with Gasteiger partial charge >= 0.3 is 0 Å². The molecular weight excluding hydrogens is 509 g/mol. The topological polar surface area (TPSA) is 79.7 Å². The molecule has 1 saturated heterocycles. The number of aryl methyl sites for hydroxylation is 1. The number of fused-ring (bicyclic) bond motifs is 1. The summed E-state index contributed by atoms with van der Waals surface area (Å²) in [5, 5.41) is 0.526. The van der Waals surface area contributed by atoms with Gasteiger partial charge in [0.25, 0.3) is 19.7 Å². The summed E-state index contributed by atoms with van der Waals surface area (Å²) in [6.07, 6.45) is 1.99.